The summed E-state index contributed by atoms with van der Waals surface area (Å²) in [5.41, 5.74) is 2.75. The quantitative estimate of drug-likeness (QED) is 0.137. The smallest absolute Gasteiger partial charge is 0.00904 e. The van der Waals surface area contributed by atoms with Crippen LogP contribution in [-0.4, -0.2) is 12.3 Å². The normalized spacial score (nSPS) is 13.8. The molecule has 0 saturated carbocycles. The van der Waals surface area contributed by atoms with Crippen LogP contribution in [0, 0.1) is 5.41 Å². The summed E-state index contributed by atoms with van der Waals surface area (Å²) in [6, 6.07) is 70.3. The number of fused-ring (bicyclic) bond motifs is 2. The molecule has 0 bridgehead atoms. The van der Waals surface area contributed by atoms with Crippen molar-refractivity contribution in [2.24, 2.45) is 5.41 Å². The third-order valence-corrected chi connectivity index (χ3v) is 15.3. The van der Waals surface area contributed by atoms with Gasteiger partial charge < -0.3 is 0 Å². The van der Waals surface area contributed by atoms with Crippen LogP contribution < -0.4 is 31.7 Å². The van der Waals surface area contributed by atoms with Crippen molar-refractivity contribution in [2.45, 2.75) is 6.42 Å². The molecule has 0 nitrogen and oxygen atoms in total. The molecule has 0 fully saturated rings. The maximum absolute atomic E-state index is 2.55. The van der Waals surface area contributed by atoms with E-state index in [0.717, 1.165) is 18.7 Å². The third-order valence-electron chi connectivity index (χ3n) is 9.73. The highest BCUT2D eigenvalue weighted by molar-refractivity contribution is 7.74. The van der Waals surface area contributed by atoms with Gasteiger partial charge in [0.2, 0.25) is 0 Å². The molecular weight excluding hydrogens is 614 g/mol. The molecule has 232 valence electrons. The van der Waals surface area contributed by atoms with Gasteiger partial charge in [-0.05, 0) is 88.2 Å². The van der Waals surface area contributed by atoms with E-state index in [1.165, 1.54) is 53.6 Å². The molecule has 2 heteroatoms. The van der Waals surface area contributed by atoms with Crippen molar-refractivity contribution in [3.05, 3.63) is 204 Å². The highest BCUT2D eigenvalue weighted by Crippen LogP contribution is 2.55. The van der Waals surface area contributed by atoms with Gasteiger partial charge in [-0.15, -0.1) is 0 Å². The lowest BCUT2D eigenvalue weighted by Gasteiger charge is -2.43. The summed E-state index contributed by atoms with van der Waals surface area (Å²) in [6.07, 6.45) is 5.69. The van der Waals surface area contributed by atoms with Crippen molar-refractivity contribution in [3.63, 3.8) is 0 Å². The average Bonchev–Trinajstić information content (AvgIpc) is 3.17. The second-order valence-electron chi connectivity index (χ2n) is 12.7. The van der Waals surface area contributed by atoms with Gasteiger partial charge in [-0.3, -0.25) is 0 Å². The van der Waals surface area contributed by atoms with Gasteiger partial charge in [-0.2, -0.15) is 0 Å². The fourth-order valence-corrected chi connectivity index (χ4v) is 13.1. The van der Waals surface area contributed by atoms with Gasteiger partial charge in [0.25, 0.3) is 0 Å². The summed E-state index contributed by atoms with van der Waals surface area (Å²) in [6.45, 7) is 0. The van der Waals surface area contributed by atoms with E-state index in [0.29, 0.717) is 0 Å². The summed E-state index contributed by atoms with van der Waals surface area (Å²) in [7, 11) is -1.34. The molecule has 0 N–H and O–H groups in total. The zero-order chi connectivity index (χ0) is 32.2. The Hall–Kier alpha value is -4.60. The van der Waals surface area contributed by atoms with E-state index < -0.39 is 15.8 Å². The van der Waals surface area contributed by atoms with Gasteiger partial charge in [-0.1, -0.05) is 194 Å². The Kier molecular flexibility index (Phi) is 8.87. The van der Waals surface area contributed by atoms with E-state index in [2.05, 4.69) is 194 Å². The van der Waals surface area contributed by atoms with Crippen LogP contribution in [0.4, 0.5) is 0 Å². The van der Waals surface area contributed by atoms with Gasteiger partial charge in [0.1, 0.15) is 0 Å². The van der Waals surface area contributed by atoms with Gasteiger partial charge in [-0.25, -0.2) is 0 Å². The minimum atomic E-state index is -0.671. The predicted octanol–water partition coefficient (Wildman–Crippen LogP) is 8.48. The molecular formula is C46H38P2. The molecule has 1 aliphatic rings. The molecule has 0 radical (unpaired) electrons. The lowest BCUT2D eigenvalue weighted by atomic mass is 9.72. The van der Waals surface area contributed by atoms with Crippen molar-refractivity contribution in [3.8, 4) is 0 Å². The maximum atomic E-state index is 2.55. The second kappa shape index (κ2) is 13.9. The zero-order valence-electron chi connectivity index (χ0n) is 27.0. The molecule has 0 spiro atoms. The molecule has 7 aromatic rings. The largest absolute Gasteiger partial charge is 0.0757 e. The molecule has 7 aromatic carbocycles. The second-order valence-corrected chi connectivity index (χ2v) is 17.1. The third kappa shape index (κ3) is 6.08. The lowest BCUT2D eigenvalue weighted by Crippen LogP contribution is -2.44. The first kappa shape index (κ1) is 30.7. The minimum Gasteiger partial charge on any atom is -0.0757 e. The van der Waals surface area contributed by atoms with Crippen molar-refractivity contribution in [1.82, 2.24) is 0 Å². The summed E-state index contributed by atoms with van der Waals surface area (Å²) in [5, 5.41) is 11.1. The Morgan fingerprint density at radius 1 is 0.417 bits per heavy atom. The first-order chi connectivity index (χ1) is 23.8. The highest BCUT2D eigenvalue weighted by Gasteiger charge is 2.42. The van der Waals surface area contributed by atoms with E-state index >= 15 is 0 Å². The zero-order valence-corrected chi connectivity index (χ0v) is 28.8. The molecule has 0 saturated heterocycles. The molecule has 0 aromatic heterocycles. The Bertz CT molecular complexity index is 2090. The molecule has 0 heterocycles. The van der Waals surface area contributed by atoms with Gasteiger partial charge in [0.05, 0.1) is 0 Å². The predicted molar refractivity (Wildman–Crippen MR) is 212 cm³/mol. The SMILES string of the molecule is C1=c2ccccc2=C(c2cccc3ccccc23)C(CP(c2ccccc2)c2ccccc2)(CP(c2ccccc2)c2ccccc2)C1. The summed E-state index contributed by atoms with van der Waals surface area (Å²) < 4.78 is 0. The first-order valence-electron chi connectivity index (χ1n) is 16.8. The minimum absolute atomic E-state index is 0.132. The number of hydrogen-bond acceptors (Lipinski definition) is 0. The van der Waals surface area contributed by atoms with Crippen molar-refractivity contribution < 1.29 is 0 Å². The summed E-state index contributed by atoms with van der Waals surface area (Å²) in [5.74, 6) is 0. The summed E-state index contributed by atoms with van der Waals surface area (Å²) in [4.78, 5) is 0. The van der Waals surface area contributed by atoms with Gasteiger partial charge in [0, 0.05) is 5.41 Å². The van der Waals surface area contributed by atoms with Crippen LogP contribution in [0.15, 0.2) is 188 Å². The Morgan fingerprint density at radius 2 is 0.854 bits per heavy atom. The first-order valence-corrected chi connectivity index (χ1v) is 19.9. The van der Waals surface area contributed by atoms with Crippen LogP contribution in [0.2, 0.25) is 0 Å². The van der Waals surface area contributed by atoms with Crippen LogP contribution in [0.25, 0.3) is 22.4 Å². The molecule has 0 unspecified atom stereocenters. The maximum Gasteiger partial charge on any atom is 0.00904 e. The van der Waals surface area contributed by atoms with Gasteiger partial charge in [0.15, 0.2) is 0 Å². The number of rotatable bonds is 9. The Balaban J connectivity index is 1.43. The van der Waals surface area contributed by atoms with E-state index in [9.17, 15) is 0 Å². The van der Waals surface area contributed by atoms with E-state index in [1.807, 2.05) is 0 Å². The van der Waals surface area contributed by atoms with E-state index in [-0.39, 0.29) is 5.41 Å². The average molecular weight is 653 g/mol. The number of hydrogen-bond donors (Lipinski definition) is 0. The van der Waals surface area contributed by atoms with E-state index in [1.54, 1.807) is 0 Å². The van der Waals surface area contributed by atoms with Crippen molar-refractivity contribution >= 4 is 59.5 Å². The Morgan fingerprint density at radius 3 is 1.40 bits per heavy atom. The molecule has 0 atom stereocenters. The summed E-state index contributed by atoms with van der Waals surface area (Å²) >= 11 is 0. The molecule has 1 aliphatic carbocycles. The fourth-order valence-electron chi connectivity index (χ4n) is 7.51. The fraction of sp³-hybridized carbons (Fsp3) is 0.0870. The van der Waals surface area contributed by atoms with Crippen molar-refractivity contribution in [1.29, 1.82) is 0 Å². The molecule has 48 heavy (non-hydrogen) atoms. The highest BCUT2D eigenvalue weighted by atomic mass is 31.1. The molecule has 0 aliphatic heterocycles. The van der Waals surface area contributed by atoms with Crippen LogP contribution in [0.5, 0.6) is 0 Å². The van der Waals surface area contributed by atoms with Crippen LogP contribution in [0.1, 0.15) is 12.0 Å². The topological polar surface area (TPSA) is 0 Å². The number of benzene rings is 7. The van der Waals surface area contributed by atoms with E-state index in [4.69, 9.17) is 0 Å². The molecule has 8 rings (SSSR count). The van der Waals surface area contributed by atoms with Crippen LogP contribution in [-0.2, 0) is 0 Å². The Labute approximate surface area is 286 Å². The van der Waals surface area contributed by atoms with Crippen LogP contribution in [0.3, 0.4) is 0 Å². The van der Waals surface area contributed by atoms with Crippen LogP contribution >= 0.6 is 15.8 Å². The molecule has 0 amide bonds. The standard InChI is InChI=1S/C46H38P2/c1-5-21-38(22-6-1)47(39-23-7-2-8-24-39)34-46(35-48(40-25-9-3-10-26-40)41-27-11-4-12-28-41)33-32-37-19-14-16-30-43(37)45(46)44-31-17-20-36-18-13-15-29-42(36)44/h1-32H,33-35H2. The van der Waals surface area contributed by atoms with Gasteiger partial charge >= 0.3 is 0 Å². The monoisotopic (exact) mass is 652 g/mol. The lowest BCUT2D eigenvalue weighted by molar-refractivity contribution is 0.534. The van der Waals surface area contributed by atoms with Crippen molar-refractivity contribution in [2.75, 3.05) is 12.3 Å².